The summed E-state index contributed by atoms with van der Waals surface area (Å²) < 4.78 is 0. The van der Waals surface area contributed by atoms with E-state index in [0.717, 1.165) is 32.1 Å². The quantitative estimate of drug-likeness (QED) is 0.651. The molecule has 0 spiro atoms. The van der Waals surface area contributed by atoms with Crippen LogP contribution >= 0.6 is 0 Å². The van der Waals surface area contributed by atoms with Crippen molar-refractivity contribution >= 4 is 5.96 Å². The van der Waals surface area contributed by atoms with Crippen molar-refractivity contribution in [1.29, 1.82) is 0 Å². The average Bonchev–Trinajstić information content (AvgIpc) is 2.52. The molecule has 0 radical (unpaired) electrons. The maximum atomic E-state index is 4.43. The number of nitrogens with zero attached hydrogens (tertiary/aromatic N) is 3. The molecule has 1 rings (SSSR count). The molecule has 1 aliphatic rings. The lowest BCUT2D eigenvalue weighted by atomic mass is 10.6. The third kappa shape index (κ3) is 3.25. The summed E-state index contributed by atoms with van der Waals surface area (Å²) in [6.07, 6.45) is 0. The maximum absolute atomic E-state index is 4.43. The molecular weight excluding hydrogens is 162 g/mol. The molecule has 1 fully saturated rings. The number of hydrogen-bond donors (Lipinski definition) is 0. The summed E-state index contributed by atoms with van der Waals surface area (Å²) in [5.74, 6) is 1.16. The number of aliphatic imine (C=N–C) groups is 1. The first kappa shape index (κ1) is 12.3. The second-order valence-electron chi connectivity index (χ2n) is 2.78. The summed E-state index contributed by atoms with van der Waals surface area (Å²) in [5, 5.41) is 0. The Bertz CT molecular complexity index is 154. The van der Waals surface area contributed by atoms with Gasteiger partial charge < -0.3 is 9.80 Å². The van der Waals surface area contributed by atoms with Crippen molar-refractivity contribution in [3.8, 4) is 0 Å². The van der Waals surface area contributed by atoms with Gasteiger partial charge in [-0.3, -0.25) is 4.99 Å². The summed E-state index contributed by atoms with van der Waals surface area (Å²) >= 11 is 0. The normalized spacial score (nSPS) is 19.0. The van der Waals surface area contributed by atoms with E-state index in [2.05, 4.69) is 35.7 Å². The predicted molar refractivity (Wildman–Crippen MR) is 59.2 cm³/mol. The topological polar surface area (TPSA) is 18.8 Å². The second kappa shape index (κ2) is 6.75. The fourth-order valence-electron chi connectivity index (χ4n) is 1.37. The van der Waals surface area contributed by atoms with Crippen LogP contribution in [-0.2, 0) is 0 Å². The molecule has 13 heavy (non-hydrogen) atoms. The highest BCUT2D eigenvalue weighted by atomic mass is 15.4. The monoisotopic (exact) mass is 185 g/mol. The van der Waals surface area contributed by atoms with Crippen LogP contribution in [0.1, 0.15) is 27.7 Å². The first-order valence-corrected chi connectivity index (χ1v) is 5.30. The lowest BCUT2D eigenvalue weighted by Crippen LogP contribution is -2.31. The van der Waals surface area contributed by atoms with Gasteiger partial charge in [0.25, 0.3) is 0 Å². The highest BCUT2D eigenvalue weighted by Gasteiger charge is 2.20. The van der Waals surface area contributed by atoms with Gasteiger partial charge in [0.05, 0.1) is 0 Å². The molecule has 3 nitrogen and oxygen atoms in total. The summed E-state index contributed by atoms with van der Waals surface area (Å²) in [4.78, 5) is 8.95. The van der Waals surface area contributed by atoms with Crippen molar-refractivity contribution in [2.24, 2.45) is 4.99 Å². The third-order valence-corrected chi connectivity index (χ3v) is 2.01. The van der Waals surface area contributed by atoms with E-state index in [9.17, 15) is 0 Å². The van der Waals surface area contributed by atoms with Crippen molar-refractivity contribution in [3.05, 3.63) is 0 Å². The van der Waals surface area contributed by atoms with Crippen LogP contribution in [0.3, 0.4) is 0 Å². The van der Waals surface area contributed by atoms with E-state index in [1.54, 1.807) is 0 Å². The third-order valence-electron chi connectivity index (χ3n) is 2.01. The zero-order valence-electron chi connectivity index (χ0n) is 9.67. The van der Waals surface area contributed by atoms with E-state index in [1.165, 1.54) is 0 Å². The smallest absolute Gasteiger partial charge is 0.196 e. The van der Waals surface area contributed by atoms with Crippen LogP contribution in [0, 0.1) is 0 Å². The summed E-state index contributed by atoms with van der Waals surface area (Å²) in [6.45, 7) is 12.5. The van der Waals surface area contributed by atoms with Crippen molar-refractivity contribution in [1.82, 2.24) is 9.80 Å². The number of rotatable bonds is 2. The van der Waals surface area contributed by atoms with Gasteiger partial charge in [0.15, 0.2) is 5.96 Å². The van der Waals surface area contributed by atoms with E-state index < -0.39 is 0 Å². The Hall–Kier alpha value is -0.730. The minimum absolute atomic E-state index is 0.885. The van der Waals surface area contributed by atoms with Gasteiger partial charge in [-0.1, -0.05) is 13.8 Å². The lowest BCUT2D eigenvalue weighted by Gasteiger charge is -2.18. The van der Waals surface area contributed by atoms with Gasteiger partial charge in [0.2, 0.25) is 0 Å². The zero-order valence-corrected chi connectivity index (χ0v) is 9.67. The SMILES string of the molecule is CC.CCN=C1N(C)CCN1CC. The Kier molecular flexibility index (Phi) is 6.37. The van der Waals surface area contributed by atoms with Crippen LogP contribution in [0.4, 0.5) is 0 Å². The van der Waals surface area contributed by atoms with E-state index in [4.69, 9.17) is 0 Å². The lowest BCUT2D eigenvalue weighted by molar-refractivity contribution is 0.487. The predicted octanol–water partition coefficient (Wildman–Crippen LogP) is 1.66. The van der Waals surface area contributed by atoms with Gasteiger partial charge in [0.1, 0.15) is 0 Å². The van der Waals surface area contributed by atoms with Crippen molar-refractivity contribution in [2.75, 3.05) is 33.2 Å². The molecule has 0 aliphatic carbocycles. The molecule has 0 aromatic rings. The van der Waals surface area contributed by atoms with Gasteiger partial charge in [-0.2, -0.15) is 0 Å². The van der Waals surface area contributed by atoms with Crippen LogP contribution in [0.5, 0.6) is 0 Å². The maximum Gasteiger partial charge on any atom is 0.196 e. The van der Waals surface area contributed by atoms with Crippen molar-refractivity contribution in [2.45, 2.75) is 27.7 Å². The van der Waals surface area contributed by atoms with Crippen molar-refractivity contribution < 1.29 is 0 Å². The minimum atomic E-state index is 0.885. The van der Waals surface area contributed by atoms with Crippen LogP contribution in [-0.4, -0.2) is 49.0 Å². The van der Waals surface area contributed by atoms with E-state index >= 15 is 0 Å². The Balaban J connectivity index is 0.000000671. The summed E-state index contributed by atoms with van der Waals surface area (Å²) in [6, 6.07) is 0. The molecule has 1 saturated heterocycles. The first-order valence-electron chi connectivity index (χ1n) is 5.30. The zero-order chi connectivity index (χ0) is 10.3. The van der Waals surface area contributed by atoms with Crippen molar-refractivity contribution in [3.63, 3.8) is 0 Å². The summed E-state index contributed by atoms with van der Waals surface area (Å²) in [7, 11) is 2.10. The fourth-order valence-corrected chi connectivity index (χ4v) is 1.37. The molecule has 0 aromatic heterocycles. The molecule has 1 heterocycles. The molecule has 0 aromatic carbocycles. The van der Waals surface area contributed by atoms with E-state index in [1.807, 2.05) is 13.8 Å². The molecule has 0 bridgehead atoms. The molecule has 0 amide bonds. The molecule has 78 valence electrons. The molecular formula is C10H23N3. The molecule has 1 aliphatic heterocycles. The van der Waals surface area contributed by atoms with Crippen LogP contribution in [0.15, 0.2) is 4.99 Å². The molecule has 0 N–H and O–H groups in total. The number of likely N-dealkylation sites (N-methyl/N-ethyl adjacent to an activating group) is 2. The minimum Gasteiger partial charge on any atom is -0.344 e. The van der Waals surface area contributed by atoms with E-state index in [0.29, 0.717) is 0 Å². The standard InChI is InChI=1S/C8H17N3.C2H6/c1-4-9-8-10(3)6-7-11(8)5-2;1-2/h4-7H2,1-3H3;1-2H3. The van der Waals surface area contributed by atoms with Gasteiger partial charge in [-0.05, 0) is 13.8 Å². The van der Waals surface area contributed by atoms with E-state index in [-0.39, 0.29) is 0 Å². The van der Waals surface area contributed by atoms with Crippen LogP contribution < -0.4 is 0 Å². The largest absolute Gasteiger partial charge is 0.344 e. The highest BCUT2D eigenvalue weighted by Crippen LogP contribution is 2.05. The highest BCUT2D eigenvalue weighted by molar-refractivity contribution is 5.81. The molecule has 0 saturated carbocycles. The van der Waals surface area contributed by atoms with Gasteiger partial charge >= 0.3 is 0 Å². The molecule has 3 heteroatoms. The molecule has 0 unspecified atom stereocenters. The summed E-state index contributed by atoms with van der Waals surface area (Å²) in [5.41, 5.74) is 0. The Morgan fingerprint density at radius 1 is 1.23 bits per heavy atom. The van der Waals surface area contributed by atoms with Gasteiger partial charge in [-0.15, -0.1) is 0 Å². The van der Waals surface area contributed by atoms with Gasteiger partial charge in [0, 0.05) is 33.2 Å². The Morgan fingerprint density at radius 3 is 2.31 bits per heavy atom. The van der Waals surface area contributed by atoms with Crippen LogP contribution in [0.25, 0.3) is 0 Å². The molecule has 0 atom stereocenters. The Morgan fingerprint density at radius 2 is 1.85 bits per heavy atom. The second-order valence-corrected chi connectivity index (χ2v) is 2.78. The van der Waals surface area contributed by atoms with Crippen LogP contribution in [0.2, 0.25) is 0 Å². The average molecular weight is 185 g/mol. The first-order chi connectivity index (χ1) is 6.29. The fraction of sp³-hybridized carbons (Fsp3) is 0.900. The Labute approximate surface area is 82.4 Å². The van der Waals surface area contributed by atoms with Gasteiger partial charge in [-0.25, -0.2) is 0 Å². The number of guanidine groups is 1. The number of hydrogen-bond acceptors (Lipinski definition) is 1.